The average Bonchev–Trinajstić information content (AvgIpc) is 2.79. The fourth-order valence-corrected chi connectivity index (χ4v) is 1.94. The highest BCUT2D eigenvalue weighted by atomic mass is 79.9. The molecule has 5 nitrogen and oxygen atoms in total. The van der Waals surface area contributed by atoms with Crippen LogP contribution in [0.25, 0.3) is 0 Å². The molecule has 0 aliphatic heterocycles. The maximum Gasteiger partial charge on any atom is 0.258 e. The molecule has 1 amide bonds. The first-order chi connectivity index (χ1) is 8.70. The van der Waals surface area contributed by atoms with Gasteiger partial charge in [-0.05, 0) is 28.4 Å². The fourth-order valence-electron chi connectivity index (χ4n) is 1.53. The van der Waals surface area contributed by atoms with Crippen LogP contribution >= 0.6 is 15.9 Å². The van der Waals surface area contributed by atoms with Gasteiger partial charge < -0.3 is 18.8 Å². The Balaban J connectivity index is 2.63. The second kappa shape index (κ2) is 8.29. The van der Waals surface area contributed by atoms with Crippen molar-refractivity contribution in [3.05, 3.63) is 22.6 Å². The molecule has 0 bridgehead atoms. The van der Waals surface area contributed by atoms with Crippen molar-refractivity contribution >= 4 is 21.8 Å². The molecule has 102 valence electrons. The van der Waals surface area contributed by atoms with Crippen LogP contribution in [0.5, 0.6) is 0 Å². The van der Waals surface area contributed by atoms with Gasteiger partial charge in [0.25, 0.3) is 5.91 Å². The van der Waals surface area contributed by atoms with Crippen LogP contribution in [0.4, 0.5) is 0 Å². The van der Waals surface area contributed by atoms with Crippen LogP contribution in [0.3, 0.4) is 0 Å². The minimum atomic E-state index is -0.0659. The third kappa shape index (κ3) is 4.44. The lowest BCUT2D eigenvalue weighted by Crippen LogP contribution is -2.35. The normalized spacial score (nSPS) is 10.6. The van der Waals surface area contributed by atoms with Crippen molar-refractivity contribution in [2.75, 3.05) is 40.5 Å². The fraction of sp³-hybridized carbons (Fsp3) is 0.583. The van der Waals surface area contributed by atoms with Crippen molar-refractivity contribution in [3.8, 4) is 0 Å². The average molecular weight is 320 g/mol. The SMILES string of the molecule is COCCCN(CCOC)C(=O)c1ccoc1Br. The van der Waals surface area contributed by atoms with E-state index in [0.29, 0.717) is 36.5 Å². The number of hydrogen-bond acceptors (Lipinski definition) is 4. The van der Waals surface area contributed by atoms with Crippen LogP contribution in [0.2, 0.25) is 0 Å². The van der Waals surface area contributed by atoms with E-state index in [1.807, 2.05) is 0 Å². The van der Waals surface area contributed by atoms with Gasteiger partial charge in [0, 0.05) is 33.9 Å². The molecule has 0 saturated carbocycles. The second-order valence-corrected chi connectivity index (χ2v) is 4.46. The molecule has 0 aliphatic carbocycles. The van der Waals surface area contributed by atoms with Gasteiger partial charge in [-0.3, -0.25) is 4.79 Å². The molecule has 0 unspecified atom stereocenters. The molecule has 18 heavy (non-hydrogen) atoms. The number of ether oxygens (including phenoxy) is 2. The number of halogens is 1. The van der Waals surface area contributed by atoms with Gasteiger partial charge >= 0.3 is 0 Å². The topological polar surface area (TPSA) is 51.9 Å². The van der Waals surface area contributed by atoms with Crippen LogP contribution in [0.15, 0.2) is 21.4 Å². The maximum absolute atomic E-state index is 12.3. The highest BCUT2D eigenvalue weighted by Gasteiger charge is 2.19. The molecule has 0 N–H and O–H groups in total. The molecule has 1 heterocycles. The van der Waals surface area contributed by atoms with E-state index in [0.717, 1.165) is 6.42 Å². The van der Waals surface area contributed by atoms with Crippen molar-refractivity contribution in [1.29, 1.82) is 0 Å². The molecule has 0 radical (unpaired) electrons. The highest BCUT2D eigenvalue weighted by Crippen LogP contribution is 2.19. The predicted molar refractivity (Wildman–Crippen MR) is 70.7 cm³/mol. The van der Waals surface area contributed by atoms with Gasteiger partial charge in [0.05, 0.1) is 18.4 Å². The highest BCUT2D eigenvalue weighted by molar-refractivity contribution is 9.10. The predicted octanol–water partition coefficient (Wildman–Crippen LogP) is 2.17. The number of amides is 1. The first kappa shape index (κ1) is 15.2. The Bertz CT molecular complexity index is 367. The molecule has 1 rings (SSSR count). The third-order valence-electron chi connectivity index (χ3n) is 2.48. The number of nitrogens with zero attached hydrogens (tertiary/aromatic N) is 1. The Morgan fingerprint density at radius 1 is 1.33 bits per heavy atom. The minimum absolute atomic E-state index is 0.0659. The molecule has 0 aliphatic rings. The van der Waals surface area contributed by atoms with E-state index in [4.69, 9.17) is 13.9 Å². The lowest BCUT2D eigenvalue weighted by atomic mass is 10.2. The first-order valence-corrected chi connectivity index (χ1v) is 6.50. The third-order valence-corrected chi connectivity index (χ3v) is 3.09. The van der Waals surface area contributed by atoms with E-state index < -0.39 is 0 Å². The summed E-state index contributed by atoms with van der Waals surface area (Å²) in [6.45, 7) is 2.32. The Hall–Kier alpha value is -0.850. The van der Waals surface area contributed by atoms with Crippen molar-refractivity contribution in [2.45, 2.75) is 6.42 Å². The lowest BCUT2D eigenvalue weighted by molar-refractivity contribution is 0.0672. The Morgan fingerprint density at radius 2 is 2.06 bits per heavy atom. The summed E-state index contributed by atoms with van der Waals surface area (Å²) in [4.78, 5) is 14.0. The molecular weight excluding hydrogens is 302 g/mol. The second-order valence-electron chi connectivity index (χ2n) is 3.74. The summed E-state index contributed by atoms with van der Waals surface area (Å²) in [6, 6.07) is 1.66. The Labute approximate surface area is 115 Å². The van der Waals surface area contributed by atoms with Crippen molar-refractivity contribution in [1.82, 2.24) is 4.90 Å². The van der Waals surface area contributed by atoms with Gasteiger partial charge in [0.1, 0.15) is 0 Å². The number of rotatable bonds is 8. The zero-order valence-electron chi connectivity index (χ0n) is 10.6. The molecular formula is C12H18BrNO4. The van der Waals surface area contributed by atoms with E-state index in [9.17, 15) is 4.79 Å². The summed E-state index contributed by atoms with van der Waals surface area (Å²) in [6.07, 6.45) is 2.28. The van der Waals surface area contributed by atoms with Crippen molar-refractivity contribution < 1.29 is 18.7 Å². The van der Waals surface area contributed by atoms with Gasteiger partial charge in [-0.15, -0.1) is 0 Å². The molecule has 1 aromatic heterocycles. The van der Waals surface area contributed by atoms with Gasteiger partial charge in [0.2, 0.25) is 0 Å². The van der Waals surface area contributed by atoms with Gasteiger partial charge in [0.15, 0.2) is 4.67 Å². The lowest BCUT2D eigenvalue weighted by Gasteiger charge is -2.21. The number of methoxy groups -OCH3 is 2. The molecule has 0 saturated heterocycles. The van der Waals surface area contributed by atoms with Crippen molar-refractivity contribution in [2.24, 2.45) is 0 Å². The van der Waals surface area contributed by atoms with Crippen molar-refractivity contribution in [3.63, 3.8) is 0 Å². The largest absolute Gasteiger partial charge is 0.457 e. The smallest absolute Gasteiger partial charge is 0.258 e. The number of furan rings is 1. The molecule has 0 atom stereocenters. The number of carbonyl (C=O) groups is 1. The molecule has 6 heteroatoms. The molecule has 0 fully saturated rings. The summed E-state index contributed by atoms with van der Waals surface area (Å²) in [5.74, 6) is -0.0659. The minimum Gasteiger partial charge on any atom is -0.457 e. The summed E-state index contributed by atoms with van der Waals surface area (Å²) < 4.78 is 15.5. The van der Waals surface area contributed by atoms with Crippen LogP contribution < -0.4 is 0 Å². The zero-order valence-corrected chi connectivity index (χ0v) is 12.2. The first-order valence-electron chi connectivity index (χ1n) is 5.70. The summed E-state index contributed by atoms with van der Waals surface area (Å²) in [5.41, 5.74) is 0.531. The summed E-state index contributed by atoms with van der Waals surface area (Å²) >= 11 is 3.22. The van der Waals surface area contributed by atoms with Gasteiger partial charge in [-0.1, -0.05) is 0 Å². The van der Waals surface area contributed by atoms with Crippen LogP contribution in [-0.4, -0.2) is 51.3 Å². The van der Waals surface area contributed by atoms with Crippen LogP contribution in [-0.2, 0) is 9.47 Å². The Morgan fingerprint density at radius 3 is 2.61 bits per heavy atom. The van der Waals surface area contributed by atoms with Gasteiger partial charge in [-0.25, -0.2) is 0 Å². The van der Waals surface area contributed by atoms with Crippen LogP contribution in [0, 0.1) is 0 Å². The van der Waals surface area contributed by atoms with E-state index in [1.54, 1.807) is 25.2 Å². The quantitative estimate of drug-likeness (QED) is 0.689. The summed E-state index contributed by atoms with van der Waals surface area (Å²) in [5, 5.41) is 0. The Kier molecular flexibility index (Phi) is 7.00. The monoisotopic (exact) mass is 319 g/mol. The zero-order chi connectivity index (χ0) is 13.4. The van der Waals surface area contributed by atoms with E-state index >= 15 is 0 Å². The number of hydrogen-bond donors (Lipinski definition) is 0. The van der Waals surface area contributed by atoms with E-state index in [2.05, 4.69) is 15.9 Å². The maximum atomic E-state index is 12.3. The molecule has 0 spiro atoms. The van der Waals surface area contributed by atoms with Crippen LogP contribution in [0.1, 0.15) is 16.8 Å². The number of carbonyl (C=O) groups excluding carboxylic acids is 1. The summed E-state index contributed by atoms with van der Waals surface area (Å²) in [7, 11) is 3.26. The molecule has 1 aromatic rings. The van der Waals surface area contributed by atoms with Gasteiger partial charge in [-0.2, -0.15) is 0 Å². The molecule has 0 aromatic carbocycles. The van der Waals surface area contributed by atoms with E-state index in [-0.39, 0.29) is 5.91 Å². The van der Waals surface area contributed by atoms with E-state index in [1.165, 1.54) is 6.26 Å². The standard InChI is InChI=1S/C12H18BrNO4/c1-16-7-3-5-14(6-9-17-2)12(15)10-4-8-18-11(10)13/h4,8H,3,5-7,9H2,1-2H3.